The van der Waals surface area contributed by atoms with Crippen molar-refractivity contribution in [3.63, 3.8) is 0 Å². The average molecular weight is 268 g/mol. The maximum atomic E-state index is 12.1. The first kappa shape index (κ1) is 13.5. The molecule has 3 N–H and O–H groups in total. The van der Waals surface area contributed by atoms with E-state index in [1.807, 2.05) is 24.3 Å². The number of sulfonamides is 1. The fourth-order valence-electron chi connectivity index (χ4n) is 2.42. The molecule has 0 unspecified atom stereocenters. The van der Waals surface area contributed by atoms with Crippen LogP contribution in [0.15, 0.2) is 24.3 Å². The predicted octanol–water partition coefficient (Wildman–Crippen LogP) is 1.51. The van der Waals surface area contributed by atoms with Crippen LogP contribution < -0.4 is 10.5 Å². The highest BCUT2D eigenvalue weighted by Gasteiger charge is 2.28. The Bertz CT molecular complexity index is 493. The number of rotatable bonds is 5. The highest BCUT2D eigenvalue weighted by Crippen LogP contribution is 2.24. The van der Waals surface area contributed by atoms with Crippen LogP contribution in [0.3, 0.4) is 0 Å². The van der Waals surface area contributed by atoms with Crippen molar-refractivity contribution in [1.82, 2.24) is 4.72 Å². The Morgan fingerprint density at radius 1 is 1.17 bits per heavy atom. The van der Waals surface area contributed by atoms with Gasteiger partial charge in [-0.15, -0.1) is 0 Å². The van der Waals surface area contributed by atoms with Gasteiger partial charge in [0.2, 0.25) is 10.0 Å². The van der Waals surface area contributed by atoms with E-state index in [1.165, 1.54) is 0 Å². The van der Waals surface area contributed by atoms with Crippen molar-refractivity contribution in [3.8, 4) is 0 Å². The standard InChI is InChI=1S/C13H20N2O2S/c14-9-11-5-1-2-6-12(11)10-15-18(16,17)13-7-3-4-8-13/h1-2,5-6,13,15H,3-4,7-10,14H2. The Morgan fingerprint density at radius 2 is 1.78 bits per heavy atom. The van der Waals surface area contributed by atoms with Gasteiger partial charge < -0.3 is 5.73 Å². The lowest BCUT2D eigenvalue weighted by Crippen LogP contribution is -2.32. The van der Waals surface area contributed by atoms with Gasteiger partial charge in [0.05, 0.1) is 5.25 Å². The second kappa shape index (κ2) is 5.82. The van der Waals surface area contributed by atoms with Crippen LogP contribution >= 0.6 is 0 Å². The quantitative estimate of drug-likeness (QED) is 0.850. The van der Waals surface area contributed by atoms with E-state index in [0.717, 1.165) is 36.8 Å². The Hall–Kier alpha value is -0.910. The molecule has 0 atom stereocenters. The molecule has 2 rings (SSSR count). The fraction of sp³-hybridized carbons (Fsp3) is 0.538. The van der Waals surface area contributed by atoms with Crippen LogP contribution in [0.25, 0.3) is 0 Å². The van der Waals surface area contributed by atoms with Gasteiger partial charge in [-0.25, -0.2) is 13.1 Å². The van der Waals surface area contributed by atoms with Crippen molar-refractivity contribution < 1.29 is 8.42 Å². The van der Waals surface area contributed by atoms with Gasteiger partial charge in [-0.1, -0.05) is 37.1 Å². The lowest BCUT2D eigenvalue weighted by atomic mass is 10.1. The molecule has 100 valence electrons. The smallest absolute Gasteiger partial charge is 0.214 e. The van der Waals surface area contributed by atoms with Crippen molar-refractivity contribution in [1.29, 1.82) is 0 Å². The average Bonchev–Trinajstić information content (AvgIpc) is 2.91. The van der Waals surface area contributed by atoms with Gasteiger partial charge in [-0.3, -0.25) is 0 Å². The van der Waals surface area contributed by atoms with Gasteiger partial charge in [-0.05, 0) is 24.0 Å². The second-order valence-corrected chi connectivity index (χ2v) is 6.79. The monoisotopic (exact) mass is 268 g/mol. The summed E-state index contributed by atoms with van der Waals surface area (Å²) in [7, 11) is -3.17. The Kier molecular flexibility index (Phi) is 4.37. The molecule has 5 heteroatoms. The molecular weight excluding hydrogens is 248 g/mol. The number of hydrogen-bond donors (Lipinski definition) is 2. The highest BCUT2D eigenvalue weighted by molar-refractivity contribution is 7.90. The molecule has 4 nitrogen and oxygen atoms in total. The van der Waals surface area contributed by atoms with Gasteiger partial charge in [0.25, 0.3) is 0 Å². The Balaban J connectivity index is 2.02. The van der Waals surface area contributed by atoms with Crippen LogP contribution in [0.4, 0.5) is 0 Å². The molecule has 0 bridgehead atoms. The van der Waals surface area contributed by atoms with Gasteiger partial charge >= 0.3 is 0 Å². The van der Waals surface area contributed by atoms with E-state index in [2.05, 4.69) is 4.72 Å². The third kappa shape index (κ3) is 3.10. The zero-order valence-corrected chi connectivity index (χ0v) is 11.2. The number of benzene rings is 1. The van der Waals surface area contributed by atoms with Crippen LogP contribution in [0.5, 0.6) is 0 Å². The Labute approximate surface area is 109 Å². The van der Waals surface area contributed by atoms with E-state index in [0.29, 0.717) is 13.1 Å². The van der Waals surface area contributed by atoms with E-state index >= 15 is 0 Å². The van der Waals surface area contributed by atoms with Crippen molar-refractivity contribution in [3.05, 3.63) is 35.4 Å². The molecule has 0 amide bonds. The van der Waals surface area contributed by atoms with Crippen LogP contribution in [0.2, 0.25) is 0 Å². The maximum absolute atomic E-state index is 12.1. The molecule has 18 heavy (non-hydrogen) atoms. The first-order valence-corrected chi connectivity index (χ1v) is 7.93. The second-order valence-electron chi connectivity index (χ2n) is 4.75. The van der Waals surface area contributed by atoms with Gasteiger partial charge in [0.1, 0.15) is 0 Å². The number of nitrogens with two attached hydrogens (primary N) is 1. The molecule has 1 aliphatic rings. The molecule has 1 aliphatic carbocycles. The van der Waals surface area contributed by atoms with Crippen LogP contribution in [0, 0.1) is 0 Å². The first-order chi connectivity index (χ1) is 8.63. The van der Waals surface area contributed by atoms with E-state index in [4.69, 9.17) is 5.73 Å². The summed E-state index contributed by atoms with van der Waals surface area (Å²) in [6.07, 6.45) is 3.61. The molecule has 0 aromatic heterocycles. The van der Waals surface area contributed by atoms with Gasteiger partial charge in [0.15, 0.2) is 0 Å². The summed E-state index contributed by atoms with van der Waals surface area (Å²) in [5.41, 5.74) is 7.59. The number of nitrogens with one attached hydrogen (secondary N) is 1. The van der Waals surface area contributed by atoms with E-state index in [-0.39, 0.29) is 5.25 Å². The zero-order valence-electron chi connectivity index (χ0n) is 10.4. The third-order valence-corrected chi connectivity index (χ3v) is 5.44. The zero-order chi connectivity index (χ0) is 13.0. The molecular formula is C13H20N2O2S. The van der Waals surface area contributed by atoms with Crippen molar-refractivity contribution in [2.24, 2.45) is 5.73 Å². The van der Waals surface area contributed by atoms with Crippen molar-refractivity contribution >= 4 is 10.0 Å². The summed E-state index contributed by atoms with van der Waals surface area (Å²) in [6, 6.07) is 7.66. The Morgan fingerprint density at radius 3 is 2.39 bits per heavy atom. The molecule has 1 saturated carbocycles. The molecule has 1 fully saturated rings. The SMILES string of the molecule is NCc1ccccc1CNS(=O)(=O)C1CCCC1. The molecule has 0 heterocycles. The fourth-order valence-corrected chi connectivity index (χ4v) is 3.97. The summed E-state index contributed by atoms with van der Waals surface area (Å²) < 4.78 is 26.8. The normalized spacial score (nSPS) is 17.2. The molecule has 1 aromatic rings. The third-order valence-electron chi connectivity index (χ3n) is 3.54. The van der Waals surface area contributed by atoms with E-state index < -0.39 is 10.0 Å². The first-order valence-electron chi connectivity index (χ1n) is 6.39. The minimum absolute atomic E-state index is 0.206. The lowest BCUT2D eigenvalue weighted by Gasteiger charge is -2.13. The molecule has 0 spiro atoms. The van der Waals surface area contributed by atoms with Gasteiger partial charge in [0, 0.05) is 13.1 Å². The predicted molar refractivity (Wildman–Crippen MR) is 72.3 cm³/mol. The minimum Gasteiger partial charge on any atom is -0.326 e. The summed E-state index contributed by atoms with van der Waals surface area (Å²) in [4.78, 5) is 0. The maximum Gasteiger partial charge on any atom is 0.214 e. The largest absolute Gasteiger partial charge is 0.326 e. The van der Waals surface area contributed by atoms with Crippen molar-refractivity contribution in [2.45, 2.75) is 44.0 Å². The summed E-state index contributed by atoms with van der Waals surface area (Å²) in [6.45, 7) is 0.771. The lowest BCUT2D eigenvalue weighted by molar-refractivity contribution is 0.564. The topological polar surface area (TPSA) is 72.2 Å². The van der Waals surface area contributed by atoms with Crippen LogP contribution in [-0.4, -0.2) is 13.7 Å². The minimum atomic E-state index is -3.17. The summed E-state index contributed by atoms with van der Waals surface area (Å²) >= 11 is 0. The highest BCUT2D eigenvalue weighted by atomic mass is 32.2. The molecule has 0 aliphatic heterocycles. The van der Waals surface area contributed by atoms with Crippen LogP contribution in [0.1, 0.15) is 36.8 Å². The number of hydrogen-bond acceptors (Lipinski definition) is 3. The molecule has 0 saturated heterocycles. The van der Waals surface area contributed by atoms with Crippen molar-refractivity contribution in [2.75, 3.05) is 0 Å². The van der Waals surface area contributed by atoms with E-state index in [1.54, 1.807) is 0 Å². The van der Waals surface area contributed by atoms with E-state index in [9.17, 15) is 8.42 Å². The summed E-state index contributed by atoms with van der Waals surface area (Å²) in [5, 5.41) is -0.206. The molecule has 1 aromatic carbocycles. The van der Waals surface area contributed by atoms with Crippen LogP contribution in [-0.2, 0) is 23.1 Å². The van der Waals surface area contributed by atoms with Gasteiger partial charge in [-0.2, -0.15) is 0 Å². The summed E-state index contributed by atoms with van der Waals surface area (Å²) in [5.74, 6) is 0. The molecule has 0 radical (unpaired) electrons.